The van der Waals surface area contributed by atoms with Crippen molar-refractivity contribution in [3.05, 3.63) is 41.7 Å². The van der Waals surface area contributed by atoms with Crippen molar-refractivity contribution in [2.75, 3.05) is 6.54 Å². The number of carbonyl (C=O) groups is 2. The number of carboxylic acid groups (broad SMARTS) is 1. The van der Waals surface area contributed by atoms with Crippen LogP contribution >= 0.6 is 0 Å². The molecule has 3 N–H and O–H groups in total. The maximum atomic E-state index is 11.7. The minimum Gasteiger partial charge on any atom is -0.477 e. The van der Waals surface area contributed by atoms with Crippen molar-refractivity contribution in [3.8, 4) is 0 Å². The molecule has 0 saturated carbocycles. The monoisotopic (exact) mass is 261 g/mol. The van der Waals surface area contributed by atoms with Gasteiger partial charge in [0.1, 0.15) is 23.5 Å². The third-order valence-electron chi connectivity index (χ3n) is 2.31. The molecule has 0 spiro atoms. The van der Waals surface area contributed by atoms with Crippen LogP contribution in [0.5, 0.6) is 0 Å². The van der Waals surface area contributed by atoms with Gasteiger partial charge in [-0.05, 0) is 12.1 Å². The van der Waals surface area contributed by atoms with Gasteiger partial charge < -0.3 is 10.4 Å². The van der Waals surface area contributed by atoms with E-state index in [2.05, 4.69) is 25.5 Å². The van der Waals surface area contributed by atoms with Gasteiger partial charge in [-0.15, -0.1) is 0 Å². The molecule has 19 heavy (non-hydrogen) atoms. The Morgan fingerprint density at radius 2 is 2.11 bits per heavy atom. The molecule has 0 aliphatic rings. The number of carbonyl (C=O) groups excluding carboxylic acids is 1. The largest absolute Gasteiger partial charge is 0.477 e. The first-order valence-electron chi connectivity index (χ1n) is 5.49. The van der Waals surface area contributed by atoms with Crippen molar-refractivity contribution in [1.29, 1.82) is 0 Å². The van der Waals surface area contributed by atoms with Gasteiger partial charge in [-0.2, -0.15) is 5.10 Å². The number of hydrogen-bond acceptors (Lipinski definition) is 5. The Balaban J connectivity index is 1.92. The molecule has 98 valence electrons. The zero-order chi connectivity index (χ0) is 13.7. The smallest absolute Gasteiger partial charge is 0.354 e. The second-order valence-corrected chi connectivity index (χ2v) is 3.65. The van der Waals surface area contributed by atoms with Crippen molar-refractivity contribution in [2.45, 2.75) is 6.42 Å². The molecule has 0 radical (unpaired) electrons. The maximum Gasteiger partial charge on any atom is 0.354 e. The van der Waals surface area contributed by atoms with Crippen LogP contribution in [0, 0.1) is 0 Å². The summed E-state index contributed by atoms with van der Waals surface area (Å²) in [7, 11) is 0. The Hall–Kier alpha value is -2.77. The molecule has 0 aromatic carbocycles. The predicted molar refractivity (Wildman–Crippen MR) is 63.6 cm³/mol. The van der Waals surface area contributed by atoms with Crippen molar-refractivity contribution >= 4 is 11.9 Å². The van der Waals surface area contributed by atoms with Crippen LogP contribution in [0.25, 0.3) is 0 Å². The Kier molecular flexibility index (Phi) is 3.81. The highest BCUT2D eigenvalue weighted by Crippen LogP contribution is 1.99. The van der Waals surface area contributed by atoms with Crippen LogP contribution in [0.1, 0.15) is 26.8 Å². The number of aromatic carboxylic acids is 1. The number of nitrogens with zero attached hydrogens (tertiary/aromatic N) is 3. The molecule has 2 heterocycles. The fraction of sp³-hybridized carbons (Fsp3) is 0.182. The Labute approximate surface area is 107 Å². The summed E-state index contributed by atoms with van der Waals surface area (Å²) in [4.78, 5) is 30.1. The van der Waals surface area contributed by atoms with Crippen LogP contribution in [0.4, 0.5) is 0 Å². The molecular formula is C11H11N5O3. The van der Waals surface area contributed by atoms with Gasteiger partial charge in [-0.1, -0.05) is 6.07 Å². The van der Waals surface area contributed by atoms with Gasteiger partial charge in [0.15, 0.2) is 0 Å². The van der Waals surface area contributed by atoms with E-state index in [9.17, 15) is 9.59 Å². The fourth-order valence-corrected chi connectivity index (χ4v) is 1.42. The van der Waals surface area contributed by atoms with E-state index in [4.69, 9.17) is 5.11 Å². The number of amides is 1. The van der Waals surface area contributed by atoms with Crippen molar-refractivity contribution in [3.63, 3.8) is 0 Å². The number of aromatic amines is 1. The van der Waals surface area contributed by atoms with Gasteiger partial charge in [0.2, 0.25) is 0 Å². The van der Waals surface area contributed by atoms with Gasteiger partial charge in [-0.3, -0.25) is 9.89 Å². The van der Waals surface area contributed by atoms with Gasteiger partial charge in [0, 0.05) is 13.0 Å². The minimum atomic E-state index is -1.17. The number of carboxylic acids is 1. The van der Waals surface area contributed by atoms with E-state index in [-0.39, 0.29) is 11.4 Å². The second kappa shape index (κ2) is 5.71. The molecule has 0 aliphatic heterocycles. The van der Waals surface area contributed by atoms with E-state index in [1.165, 1.54) is 24.5 Å². The number of nitrogens with one attached hydrogen (secondary N) is 2. The second-order valence-electron chi connectivity index (χ2n) is 3.65. The van der Waals surface area contributed by atoms with Crippen molar-refractivity contribution in [2.24, 2.45) is 0 Å². The summed E-state index contributed by atoms with van der Waals surface area (Å²) in [6, 6.07) is 4.26. The van der Waals surface area contributed by atoms with Crippen LogP contribution in [0.2, 0.25) is 0 Å². The summed E-state index contributed by atoms with van der Waals surface area (Å²) in [6.45, 7) is 0.354. The van der Waals surface area contributed by atoms with Crippen LogP contribution in [-0.4, -0.2) is 43.7 Å². The standard InChI is InChI=1S/C11H11N5O3/c17-10(12-5-4-9-13-6-14-16-9)7-2-1-3-8(15-7)11(18)19/h1-3,6H,4-5H2,(H,12,17)(H,18,19)(H,13,14,16). The number of rotatable bonds is 5. The maximum absolute atomic E-state index is 11.7. The summed E-state index contributed by atoms with van der Waals surface area (Å²) < 4.78 is 0. The summed E-state index contributed by atoms with van der Waals surface area (Å²) >= 11 is 0. The van der Waals surface area contributed by atoms with Crippen LogP contribution in [0.15, 0.2) is 24.5 Å². The highest BCUT2D eigenvalue weighted by atomic mass is 16.4. The summed E-state index contributed by atoms with van der Waals surface area (Å²) in [5, 5.41) is 17.8. The predicted octanol–water partition coefficient (Wildman–Crippen LogP) is -0.130. The molecule has 2 aromatic heterocycles. The number of hydrogen-bond donors (Lipinski definition) is 3. The quantitative estimate of drug-likeness (QED) is 0.689. The minimum absolute atomic E-state index is 0.0671. The lowest BCUT2D eigenvalue weighted by Gasteiger charge is -2.03. The average molecular weight is 261 g/mol. The highest BCUT2D eigenvalue weighted by Gasteiger charge is 2.10. The van der Waals surface area contributed by atoms with Gasteiger partial charge >= 0.3 is 5.97 Å². The van der Waals surface area contributed by atoms with E-state index in [0.29, 0.717) is 18.8 Å². The SMILES string of the molecule is O=C(O)c1cccc(C(=O)NCCc2ncn[nH]2)n1. The van der Waals surface area contributed by atoms with Gasteiger partial charge in [0.25, 0.3) is 5.91 Å². The molecule has 8 nitrogen and oxygen atoms in total. The normalized spacial score (nSPS) is 10.1. The third kappa shape index (κ3) is 3.35. The molecule has 8 heteroatoms. The molecule has 1 amide bonds. The van der Waals surface area contributed by atoms with Gasteiger partial charge in [0.05, 0.1) is 0 Å². The van der Waals surface area contributed by atoms with E-state index in [1.807, 2.05) is 0 Å². The molecule has 2 aromatic rings. The number of aromatic nitrogens is 4. The van der Waals surface area contributed by atoms with Crippen LogP contribution in [0.3, 0.4) is 0 Å². The average Bonchev–Trinajstić information content (AvgIpc) is 2.92. The first kappa shape index (κ1) is 12.7. The summed E-state index contributed by atoms with van der Waals surface area (Å²) in [5.74, 6) is -0.938. The van der Waals surface area contributed by atoms with Crippen molar-refractivity contribution in [1.82, 2.24) is 25.5 Å². The molecule has 2 rings (SSSR count). The lowest BCUT2D eigenvalue weighted by atomic mass is 10.3. The lowest BCUT2D eigenvalue weighted by Crippen LogP contribution is -2.27. The van der Waals surface area contributed by atoms with Crippen LogP contribution < -0.4 is 5.32 Å². The number of pyridine rings is 1. The summed E-state index contributed by atoms with van der Waals surface area (Å²) in [5.41, 5.74) is -0.0969. The molecule has 0 aliphatic carbocycles. The zero-order valence-corrected chi connectivity index (χ0v) is 9.83. The third-order valence-corrected chi connectivity index (χ3v) is 2.31. The van der Waals surface area contributed by atoms with E-state index < -0.39 is 11.9 Å². The summed E-state index contributed by atoms with van der Waals surface area (Å²) in [6.07, 6.45) is 1.89. The molecule has 0 fully saturated rings. The fourth-order valence-electron chi connectivity index (χ4n) is 1.42. The Morgan fingerprint density at radius 1 is 1.32 bits per heavy atom. The Bertz CT molecular complexity index is 582. The van der Waals surface area contributed by atoms with E-state index >= 15 is 0 Å². The highest BCUT2D eigenvalue weighted by molar-refractivity contribution is 5.94. The molecule has 0 bridgehead atoms. The van der Waals surface area contributed by atoms with Gasteiger partial charge in [-0.25, -0.2) is 14.8 Å². The van der Waals surface area contributed by atoms with E-state index in [1.54, 1.807) is 0 Å². The van der Waals surface area contributed by atoms with E-state index in [0.717, 1.165) is 0 Å². The number of H-pyrrole nitrogens is 1. The Morgan fingerprint density at radius 3 is 2.79 bits per heavy atom. The lowest BCUT2D eigenvalue weighted by molar-refractivity contribution is 0.0690. The zero-order valence-electron chi connectivity index (χ0n) is 9.83. The molecule has 0 unspecified atom stereocenters. The molecular weight excluding hydrogens is 250 g/mol. The van der Waals surface area contributed by atoms with Crippen LogP contribution in [-0.2, 0) is 6.42 Å². The first-order chi connectivity index (χ1) is 9.16. The topological polar surface area (TPSA) is 121 Å². The first-order valence-corrected chi connectivity index (χ1v) is 5.49. The molecule has 0 saturated heterocycles. The van der Waals surface area contributed by atoms with Crippen molar-refractivity contribution < 1.29 is 14.7 Å². The molecule has 0 atom stereocenters.